The Kier molecular flexibility index (Phi) is 6.30. The van der Waals surface area contributed by atoms with E-state index in [9.17, 15) is 14.4 Å². The normalized spacial score (nSPS) is 11.7. The zero-order valence-electron chi connectivity index (χ0n) is 14.6. The summed E-state index contributed by atoms with van der Waals surface area (Å²) in [5.74, 6) is -0.557. The number of fused-ring (bicyclic) bond motifs is 1. The molecule has 0 saturated heterocycles. The number of nitriles is 2. The minimum absolute atomic E-state index is 0.0996. The van der Waals surface area contributed by atoms with Crippen molar-refractivity contribution in [3.63, 3.8) is 0 Å². The van der Waals surface area contributed by atoms with Crippen molar-refractivity contribution in [3.8, 4) is 17.8 Å². The van der Waals surface area contributed by atoms with Gasteiger partial charge < -0.3 is 0 Å². The van der Waals surface area contributed by atoms with Gasteiger partial charge in [0.25, 0.3) is 5.56 Å². The molecule has 0 fully saturated rings. The second kappa shape index (κ2) is 8.88. The summed E-state index contributed by atoms with van der Waals surface area (Å²) in [7, 11) is 0. The third kappa shape index (κ3) is 4.17. The van der Waals surface area contributed by atoms with E-state index in [1.165, 1.54) is 34.5 Å². The Morgan fingerprint density at radius 1 is 1.25 bits per heavy atom. The lowest BCUT2D eigenvalue weighted by Gasteiger charge is -2.14. The number of hydrogen-bond donors (Lipinski definition) is 0. The first-order valence-electron chi connectivity index (χ1n) is 8.41. The van der Waals surface area contributed by atoms with Crippen LogP contribution in [0.4, 0.5) is 4.39 Å². The molecule has 0 spiro atoms. The third-order valence-electron chi connectivity index (χ3n) is 4.11. The van der Waals surface area contributed by atoms with Crippen molar-refractivity contribution in [3.05, 3.63) is 63.7 Å². The highest BCUT2D eigenvalue weighted by atomic mass is 35.5. The number of thioether (sulfide) groups is 1. The lowest BCUT2D eigenvalue weighted by atomic mass is 10.1. The Bertz CT molecular complexity index is 1170. The Labute approximate surface area is 170 Å². The molecule has 1 aromatic heterocycles. The molecule has 0 radical (unpaired) electrons. The monoisotopic (exact) mass is 412 g/mol. The van der Waals surface area contributed by atoms with E-state index in [1.807, 2.05) is 6.07 Å². The van der Waals surface area contributed by atoms with Crippen LogP contribution in [-0.2, 0) is 0 Å². The average molecular weight is 413 g/mol. The van der Waals surface area contributed by atoms with Gasteiger partial charge in [-0.1, -0.05) is 35.5 Å². The maximum atomic E-state index is 13.6. The number of rotatable bonds is 6. The number of hydrogen-bond acceptors (Lipinski definition) is 5. The van der Waals surface area contributed by atoms with Gasteiger partial charge in [-0.2, -0.15) is 10.5 Å². The van der Waals surface area contributed by atoms with Crippen LogP contribution in [0.3, 0.4) is 0 Å². The van der Waals surface area contributed by atoms with E-state index in [2.05, 4.69) is 11.1 Å². The Balaban J connectivity index is 2.09. The van der Waals surface area contributed by atoms with Crippen molar-refractivity contribution >= 4 is 34.3 Å². The van der Waals surface area contributed by atoms with Gasteiger partial charge in [0.15, 0.2) is 5.16 Å². The lowest BCUT2D eigenvalue weighted by Crippen LogP contribution is -2.22. The first-order valence-corrected chi connectivity index (χ1v) is 9.78. The summed E-state index contributed by atoms with van der Waals surface area (Å²) >= 11 is 7.15. The van der Waals surface area contributed by atoms with Gasteiger partial charge >= 0.3 is 0 Å². The SMILES string of the molecule is N#CCC[C@@H](C#N)CSc1nc2ccccc2c(=O)n1-c1ccc(F)c(Cl)c1. The first kappa shape index (κ1) is 19.9. The summed E-state index contributed by atoms with van der Waals surface area (Å²) in [6.07, 6.45) is 0.727. The maximum absolute atomic E-state index is 13.6. The minimum atomic E-state index is -0.581. The summed E-state index contributed by atoms with van der Waals surface area (Å²) in [5, 5.41) is 18.7. The molecular formula is C20H14ClFN4OS. The minimum Gasteiger partial charge on any atom is -0.268 e. The molecule has 0 bridgehead atoms. The van der Waals surface area contributed by atoms with Crippen molar-refractivity contribution in [2.45, 2.75) is 18.0 Å². The van der Waals surface area contributed by atoms with Crippen molar-refractivity contribution < 1.29 is 4.39 Å². The molecular weight excluding hydrogens is 399 g/mol. The molecule has 28 heavy (non-hydrogen) atoms. The fraction of sp³-hybridized carbons (Fsp3) is 0.200. The predicted molar refractivity (Wildman–Crippen MR) is 107 cm³/mol. The fourth-order valence-electron chi connectivity index (χ4n) is 2.66. The summed E-state index contributed by atoms with van der Waals surface area (Å²) in [5.41, 5.74) is 0.619. The number of benzene rings is 2. The zero-order chi connectivity index (χ0) is 20.1. The van der Waals surface area contributed by atoms with E-state index in [1.54, 1.807) is 24.3 Å². The molecule has 0 aliphatic rings. The predicted octanol–water partition coefficient (Wildman–Crippen LogP) is 4.71. The van der Waals surface area contributed by atoms with Gasteiger partial charge in [-0.25, -0.2) is 9.37 Å². The standard InChI is InChI=1S/C20H14ClFN4OS/c21-16-10-14(7-8-17(16)22)26-19(27)15-5-1-2-6-18(15)25-20(26)28-12-13(11-24)4-3-9-23/h1-2,5-8,10,13H,3-4,12H2/t13-/m0/s1. The van der Waals surface area contributed by atoms with Crippen LogP contribution in [0.1, 0.15) is 12.8 Å². The van der Waals surface area contributed by atoms with Crippen molar-refractivity contribution in [1.29, 1.82) is 10.5 Å². The Morgan fingerprint density at radius 3 is 2.75 bits per heavy atom. The second-order valence-electron chi connectivity index (χ2n) is 5.98. The molecule has 1 atom stereocenters. The molecule has 1 heterocycles. The van der Waals surface area contributed by atoms with Gasteiger partial charge in [-0.05, 0) is 36.8 Å². The molecule has 0 aliphatic heterocycles. The van der Waals surface area contributed by atoms with E-state index in [-0.39, 0.29) is 22.9 Å². The van der Waals surface area contributed by atoms with Crippen LogP contribution in [0.2, 0.25) is 5.02 Å². The average Bonchev–Trinajstić information content (AvgIpc) is 2.70. The van der Waals surface area contributed by atoms with Crippen LogP contribution in [0.5, 0.6) is 0 Å². The van der Waals surface area contributed by atoms with Crippen LogP contribution >= 0.6 is 23.4 Å². The molecule has 3 aromatic rings. The fourth-order valence-corrected chi connectivity index (χ4v) is 3.91. The highest BCUT2D eigenvalue weighted by Gasteiger charge is 2.16. The lowest BCUT2D eigenvalue weighted by molar-refractivity contribution is 0.627. The zero-order valence-corrected chi connectivity index (χ0v) is 16.2. The van der Waals surface area contributed by atoms with Crippen molar-refractivity contribution in [1.82, 2.24) is 9.55 Å². The third-order valence-corrected chi connectivity index (χ3v) is 5.50. The van der Waals surface area contributed by atoms with E-state index in [0.717, 1.165) is 0 Å². The summed E-state index contributed by atoms with van der Waals surface area (Å²) < 4.78 is 15.0. The summed E-state index contributed by atoms with van der Waals surface area (Å²) in [6, 6.07) is 15.2. The first-order chi connectivity index (χ1) is 13.5. The van der Waals surface area contributed by atoms with E-state index >= 15 is 0 Å². The van der Waals surface area contributed by atoms with Crippen LogP contribution in [-0.4, -0.2) is 15.3 Å². The quantitative estimate of drug-likeness (QED) is 0.432. The topological polar surface area (TPSA) is 82.5 Å². The molecule has 5 nitrogen and oxygen atoms in total. The van der Waals surface area contributed by atoms with E-state index in [4.69, 9.17) is 16.9 Å². The smallest absolute Gasteiger partial charge is 0.266 e. The largest absolute Gasteiger partial charge is 0.268 e. The van der Waals surface area contributed by atoms with Crippen LogP contribution < -0.4 is 5.56 Å². The van der Waals surface area contributed by atoms with Gasteiger partial charge in [0, 0.05) is 12.2 Å². The van der Waals surface area contributed by atoms with Crippen molar-refractivity contribution in [2.75, 3.05) is 5.75 Å². The number of halogens is 2. The number of aromatic nitrogens is 2. The van der Waals surface area contributed by atoms with Crippen LogP contribution in [0.25, 0.3) is 16.6 Å². The van der Waals surface area contributed by atoms with Gasteiger partial charge in [0.05, 0.1) is 39.7 Å². The van der Waals surface area contributed by atoms with Crippen LogP contribution in [0, 0.1) is 34.4 Å². The Morgan fingerprint density at radius 2 is 2.04 bits per heavy atom. The van der Waals surface area contributed by atoms with Gasteiger partial charge in [0.1, 0.15) is 5.82 Å². The number of para-hydroxylation sites is 1. The van der Waals surface area contributed by atoms with Gasteiger partial charge in [-0.15, -0.1) is 0 Å². The summed E-state index contributed by atoms with van der Waals surface area (Å²) in [6.45, 7) is 0. The van der Waals surface area contributed by atoms with Crippen LogP contribution in [0.15, 0.2) is 52.4 Å². The highest BCUT2D eigenvalue weighted by molar-refractivity contribution is 7.99. The molecule has 0 amide bonds. The van der Waals surface area contributed by atoms with Gasteiger partial charge in [-0.3, -0.25) is 9.36 Å². The van der Waals surface area contributed by atoms with Crippen molar-refractivity contribution in [2.24, 2.45) is 5.92 Å². The molecule has 0 unspecified atom stereocenters. The Hall–Kier alpha value is -2.87. The molecule has 8 heteroatoms. The molecule has 0 saturated carbocycles. The summed E-state index contributed by atoms with van der Waals surface area (Å²) in [4.78, 5) is 17.7. The molecule has 2 aromatic carbocycles. The maximum Gasteiger partial charge on any atom is 0.266 e. The van der Waals surface area contributed by atoms with E-state index < -0.39 is 5.82 Å². The second-order valence-corrected chi connectivity index (χ2v) is 7.38. The molecule has 3 rings (SSSR count). The highest BCUT2D eigenvalue weighted by Crippen LogP contribution is 2.26. The molecule has 0 N–H and O–H groups in total. The number of nitrogens with zero attached hydrogens (tertiary/aromatic N) is 4. The van der Waals surface area contributed by atoms with Gasteiger partial charge in [0.2, 0.25) is 0 Å². The van der Waals surface area contributed by atoms with E-state index in [0.29, 0.717) is 33.9 Å². The molecule has 0 aliphatic carbocycles. The molecule has 140 valence electrons.